The van der Waals surface area contributed by atoms with Crippen LogP contribution < -0.4 is 0 Å². The number of carboxylic acids is 1. The molecule has 0 saturated heterocycles. The molecule has 1 aromatic rings. The van der Waals surface area contributed by atoms with E-state index in [1.165, 1.54) is 11.9 Å². The summed E-state index contributed by atoms with van der Waals surface area (Å²) in [5.74, 6) is -1.26. The fourth-order valence-corrected chi connectivity index (χ4v) is 2.25. The Morgan fingerprint density at radius 2 is 1.86 bits per heavy atom. The highest BCUT2D eigenvalue weighted by Gasteiger charge is 2.45. The first kappa shape index (κ1) is 18.5. The molecule has 22 heavy (non-hydrogen) atoms. The average molecular weight is 326 g/mol. The van der Waals surface area contributed by atoms with Crippen molar-refractivity contribution in [2.75, 3.05) is 19.8 Å². The maximum Gasteiger partial charge on any atom is 0.358 e. The van der Waals surface area contributed by atoms with Gasteiger partial charge in [0.1, 0.15) is 0 Å². The normalized spacial score (nSPS) is 13.7. The summed E-state index contributed by atoms with van der Waals surface area (Å²) in [6.07, 6.45) is 0.124. The number of hydrogen-bond acceptors (Lipinski definition) is 5. The summed E-state index contributed by atoms with van der Waals surface area (Å²) in [6, 6.07) is 9.21. The zero-order chi connectivity index (χ0) is 16.8. The third kappa shape index (κ3) is 4.46. The number of carbonyl (C=O) groups excluding carboxylic acids is 1. The average Bonchev–Trinajstić information content (AvgIpc) is 2.46. The first-order valence-electron chi connectivity index (χ1n) is 6.85. The van der Waals surface area contributed by atoms with E-state index in [1.807, 2.05) is 30.3 Å². The van der Waals surface area contributed by atoms with Crippen LogP contribution in [0.25, 0.3) is 0 Å². The van der Waals surface area contributed by atoms with Gasteiger partial charge in [-0.15, -0.1) is 0 Å². The molecule has 0 aromatic heterocycles. The first-order valence-corrected chi connectivity index (χ1v) is 7.48. The van der Waals surface area contributed by atoms with Gasteiger partial charge in [-0.3, -0.25) is 4.79 Å². The maximum absolute atomic E-state index is 12.2. The number of hydrogen-bond donors (Lipinski definition) is 2. The van der Waals surface area contributed by atoms with Crippen molar-refractivity contribution in [3.63, 3.8) is 0 Å². The number of rotatable bonds is 8. The molecule has 0 aliphatic carbocycles. The molecular weight excluding hydrogens is 304 g/mol. The minimum absolute atomic E-state index is 0.0855. The predicted molar refractivity (Wildman–Crippen MR) is 86.3 cm³/mol. The van der Waals surface area contributed by atoms with Crippen molar-refractivity contribution < 1.29 is 19.4 Å². The molecule has 0 heterocycles. The van der Waals surface area contributed by atoms with Gasteiger partial charge in [-0.05, 0) is 18.2 Å². The van der Waals surface area contributed by atoms with Crippen LogP contribution in [0.5, 0.6) is 0 Å². The highest BCUT2D eigenvalue weighted by Crippen LogP contribution is 2.22. The second-order valence-electron chi connectivity index (χ2n) is 5.09. The smallest absolute Gasteiger partial charge is 0.358 e. The van der Waals surface area contributed by atoms with Crippen molar-refractivity contribution in [1.82, 2.24) is 10.0 Å². The Morgan fingerprint density at radius 1 is 1.27 bits per heavy atom. The predicted octanol–water partition coefficient (Wildman–Crippen LogP) is 1.63. The van der Waals surface area contributed by atoms with Crippen molar-refractivity contribution in [2.24, 2.45) is 0 Å². The lowest BCUT2D eigenvalue weighted by Crippen LogP contribution is -2.61. The number of amides is 1. The maximum atomic E-state index is 12.2. The number of hydrazine groups is 1. The number of benzene rings is 1. The molecule has 0 radical (unpaired) electrons. The van der Waals surface area contributed by atoms with E-state index >= 15 is 0 Å². The summed E-state index contributed by atoms with van der Waals surface area (Å²) in [6.45, 7) is 1.46. The van der Waals surface area contributed by atoms with Gasteiger partial charge in [-0.25, -0.2) is 14.8 Å². The van der Waals surface area contributed by atoms with Crippen LogP contribution in [0, 0.1) is 0 Å². The van der Waals surface area contributed by atoms with Crippen LogP contribution in [-0.4, -0.2) is 52.6 Å². The summed E-state index contributed by atoms with van der Waals surface area (Å²) in [5, 5.41) is 12.1. The Kier molecular flexibility index (Phi) is 6.86. The molecule has 1 atom stereocenters. The lowest BCUT2D eigenvalue weighted by molar-refractivity contribution is -0.231. The molecule has 0 fully saturated rings. The van der Waals surface area contributed by atoms with Gasteiger partial charge in [0.2, 0.25) is 5.91 Å². The Labute approximate surface area is 136 Å². The Bertz CT molecular complexity index is 510. The van der Waals surface area contributed by atoms with E-state index in [4.69, 9.17) is 4.74 Å². The molecule has 0 aliphatic rings. The van der Waals surface area contributed by atoms with Crippen molar-refractivity contribution in [3.05, 3.63) is 35.9 Å². The molecule has 1 rings (SSSR count). The first-order chi connectivity index (χ1) is 10.3. The van der Waals surface area contributed by atoms with Crippen LogP contribution in [0.4, 0.5) is 0 Å². The van der Waals surface area contributed by atoms with Gasteiger partial charge in [-0.1, -0.05) is 30.3 Å². The minimum atomic E-state index is -1.79. The molecule has 6 nitrogen and oxygen atoms in total. The molecule has 0 spiro atoms. The summed E-state index contributed by atoms with van der Waals surface area (Å²) < 4.78 is 5.61. The van der Waals surface area contributed by atoms with Gasteiger partial charge in [0.15, 0.2) is 0 Å². The Morgan fingerprint density at radius 3 is 2.32 bits per heavy atom. The zero-order valence-corrected chi connectivity index (χ0v) is 13.9. The van der Waals surface area contributed by atoms with Gasteiger partial charge in [-0.2, -0.15) is 12.6 Å². The van der Waals surface area contributed by atoms with Gasteiger partial charge >= 0.3 is 5.97 Å². The molecule has 0 bridgehead atoms. The number of ether oxygens (including phenoxy) is 1. The van der Waals surface area contributed by atoms with Crippen LogP contribution >= 0.6 is 12.6 Å². The fraction of sp³-hybridized carbons (Fsp3) is 0.467. The summed E-state index contributed by atoms with van der Waals surface area (Å²) in [5.41, 5.74) is -0.963. The lowest BCUT2D eigenvalue weighted by atomic mass is 10.2. The molecule has 7 heteroatoms. The van der Waals surface area contributed by atoms with E-state index in [-0.39, 0.29) is 18.9 Å². The van der Waals surface area contributed by atoms with Crippen molar-refractivity contribution in [2.45, 2.75) is 25.7 Å². The van der Waals surface area contributed by atoms with Crippen LogP contribution in [-0.2, 0) is 20.9 Å². The summed E-state index contributed by atoms with van der Waals surface area (Å²) in [4.78, 5) is 24.0. The molecule has 1 amide bonds. The van der Waals surface area contributed by atoms with Crippen LogP contribution in [0.1, 0.15) is 18.9 Å². The van der Waals surface area contributed by atoms with Crippen LogP contribution in [0.2, 0.25) is 0 Å². The lowest BCUT2D eigenvalue weighted by Gasteiger charge is -2.41. The third-order valence-corrected chi connectivity index (χ3v) is 3.35. The Hall–Kier alpha value is -1.57. The number of carboxylic acid groups (broad SMARTS) is 1. The Balaban J connectivity index is 3.00. The van der Waals surface area contributed by atoms with E-state index in [2.05, 4.69) is 12.6 Å². The quantitative estimate of drug-likeness (QED) is 0.432. The van der Waals surface area contributed by atoms with E-state index < -0.39 is 11.7 Å². The molecule has 1 N–H and O–H groups in total. The van der Waals surface area contributed by atoms with Crippen molar-refractivity contribution in [1.29, 1.82) is 0 Å². The number of carbonyl (C=O) groups is 2. The number of nitrogens with zero attached hydrogens (tertiary/aromatic N) is 2. The molecule has 0 aliphatic heterocycles. The molecule has 1 unspecified atom stereocenters. The number of thiol groups is 1. The topological polar surface area (TPSA) is 70.1 Å². The van der Waals surface area contributed by atoms with Crippen molar-refractivity contribution in [3.8, 4) is 0 Å². The second kappa shape index (κ2) is 8.17. The monoisotopic (exact) mass is 326 g/mol. The van der Waals surface area contributed by atoms with Gasteiger partial charge in [0.25, 0.3) is 5.72 Å². The highest BCUT2D eigenvalue weighted by molar-refractivity contribution is 7.80. The van der Waals surface area contributed by atoms with Crippen LogP contribution in [0.3, 0.4) is 0 Å². The second-order valence-corrected chi connectivity index (χ2v) is 5.54. The minimum Gasteiger partial charge on any atom is -0.478 e. The summed E-state index contributed by atoms with van der Waals surface area (Å²) >= 11 is 4.03. The van der Waals surface area contributed by atoms with Gasteiger partial charge < -0.3 is 9.84 Å². The van der Waals surface area contributed by atoms with Crippen molar-refractivity contribution >= 4 is 24.5 Å². The molecule has 122 valence electrons. The third-order valence-electron chi connectivity index (χ3n) is 3.13. The van der Waals surface area contributed by atoms with Gasteiger partial charge in [0, 0.05) is 20.5 Å². The standard InChI is InChI=1S/C15H22N2O4S/c1-15(14(19)20,17(16(2)3)13(18)9-10-22)21-11-12-7-5-4-6-8-12/h4-8,22H,9-11H2,1-3H3,(H,19,20). The largest absolute Gasteiger partial charge is 0.478 e. The van der Waals surface area contributed by atoms with Gasteiger partial charge in [0.05, 0.1) is 6.61 Å². The molecule has 0 saturated carbocycles. The van der Waals surface area contributed by atoms with E-state index in [1.54, 1.807) is 14.1 Å². The van der Waals surface area contributed by atoms with Crippen LogP contribution in [0.15, 0.2) is 30.3 Å². The van der Waals surface area contributed by atoms with E-state index in [0.717, 1.165) is 10.6 Å². The SMILES string of the molecule is CN(C)N(C(=O)CCS)C(C)(OCc1ccccc1)C(=O)O. The fourth-order valence-electron chi connectivity index (χ4n) is 2.06. The van der Waals surface area contributed by atoms with E-state index in [0.29, 0.717) is 5.75 Å². The molecular formula is C15H22N2O4S. The number of aliphatic carboxylic acids is 1. The summed E-state index contributed by atoms with van der Waals surface area (Å²) in [7, 11) is 3.20. The highest BCUT2D eigenvalue weighted by atomic mass is 32.1. The zero-order valence-electron chi connectivity index (χ0n) is 13.0. The molecule has 1 aromatic carbocycles. The van der Waals surface area contributed by atoms with E-state index in [9.17, 15) is 14.7 Å².